The third-order valence-corrected chi connectivity index (χ3v) is 7.90. The van der Waals surface area contributed by atoms with Gasteiger partial charge < -0.3 is 10.3 Å². The lowest BCUT2D eigenvalue weighted by Crippen LogP contribution is -2.12. The Kier molecular flexibility index (Phi) is 7.18. The van der Waals surface area contributed by atoms with Crippen molar-refractivity contribution in [3.05, 3.63) is 132 Å². The van der Waals surface area contributed by atoms with E-state index in [1.807, 2.05) is 55.5 Å². The van der Waals surface area contributed by atoms with E-state index in [1.165, 1.54) is 15.3 Å². The van der Waals surface area contributed by atoms with E-state index in [1.54, 1.807) is 17.4 Å². The van der Waals surface area contributed by atoms with E-state index in [-0.39, 0.29) is 0 Å². The van der Waals surface area contributed by atoms with Gasteiger partial charge in [0.2, 0.25) is 0 Å². The van der Waals surface area contributed by atoms with Gasteiger partial charge in [-0.2, -0.15) is 5.10 Å². The lowest BCUT2D eigenvalue weighted by atomic mass is 10.1. The molecule has 6 rings (SSSR count). The number of rotatable bonds is 9. The van der Waals surface area contributed by atoms with E-state index in [9.17, 15) is 0 Å². The number of nitrogens with zero attached hydrogens (tertiary/aromatic N) is 3. The van der Waals surface area contributed by atoms with Crippen molar-refractivity contribution in [3.8, 4) is 22.0 Å². The van der Waals surface area contributed by atoms with Crippen LogP contribution in [-0.4, -0.2) is 25.1 Å². The fraction of sp³-hybridized carbons (Fsp3) is 0.0882. The topological polar surface area (TPSA) is 82.3 Å². The van der Waals surface area contributed by atoms with Crippen molar-refractivity contribution in [2.45, 2.75) is 20.3 Å². The summed E-state index contributed by atoms with van der Waals surface area (Å²) in [4.78, 5) is 15.9. The van der Waals surface area contributed by atoms with Crippen molar-refractivity contribution >= 4 is 39.0 Å². The number of nitrogens with one attached hydrogen (secondary N) is 3. The zero-order valence-corrected chi connectivity index (χ0v) is 23.8. The summed E-state index contributed by atoms with van der Waals surface area (Å²) < 4.78 is 0. The number of hydrogen-bond acceptors (Lipinski definition) is 5. The molecule has 41 heavy (non-hydrogen) atoms. The van der Waals surface area contributed by atoms with Gasteiger partial charge in [-0.05, 0) is 67.5 Å². The molecule has 0 atom stereocenters. The normalized spacial score (nSPS) is 12.2. The highest BCUT2D eigenvalue weighted by molar-refractivity contribution is 7.15. The number of allylic oxidation sites excluding steroid dienone is 5. The summed E-state index contributed by atoms with van der Waals surface area (Å²) in [5.74, 6) is 0.680. The maximum Gasteiger partial charge on any atom is 0.161 e. The van der Waals surface area contributed by atoms with Crippen LogP contribution in [0.25, 0.3) is 49.6 Å². The molecule has 0 saturated carbocycles. The molecule has 0 fully saturated rings. The number of pyridine rings is 1. The number of imidazole rings is 1. The van der Waals surface area contributed by atoms with Crippen LogP contribution in [0.2, 0.25) is 0 Å². The molecule has 0 aliphatic rings. The van der Waals surface area contributed by atoms with Crippen LogP contribution >= 0.6 is 11.3 Å². The predicted molar refractivity (Wildman–Crippen MR) is 171 cm³/mol. The average Bonchev–Trinajstić information content (AvgIpc) is 3.73. The van der Waals surface area contributed by atoms with Gasteiger partial charge in [-0.1, -0.05) is 61.7 Å². The average molecular weight is 555 g/mol. The highest BCUT2D eigenvalue weighted by atomic mass is 32.1. The first-order chi connectivity index (χ1) is 20.0. The molecule has 0 saturated heterocycles. The summed E-state index contributed by atoms with van der Waals surface area (Å²) in [6.07, 6.45) is 6.59. The van der Waals surface area contributed by atoms with Crippen LogP contribution < -0.4 is 5.32 Å². The van der Waals surface area contributed by atoms with E-state index in [0.29, 0.717) is 11.5 Å². The van der Waals surface area contributed by atoms with Crippen LogP contribution in [0.3, 0.4) is 0 Å². The zero-order valence-electron chi connectivity index (χ0n) is 23.0. The Labute approximate surface area is 242 Å². The second-order valence-corrected chi connectivity index (χ2v) is 11.1. The smallest absolute Gasteiger partial charge is 0.161 e. The van der Waals surface area contributed by atoms with E-state index in [4.69, 9.17) is 9.97 Å². The Morgan fingerprint density at radius 2 is 1.80 bits per heavy atom. The quantitative estimate of drug-likeness (QED) is 0.157. The van der Waals surface area contributed by atoms with Gasteiger partial charge in [-0.25, -0.2) is 9.97 Å². The SMILES string of the molecule is C=C/C(=C\C(=C/C)c1ccc2[nH]nc(-c3nc4c(-c5ccc(C)s5)cccc4[nH]3)c2n1)NC(=C)Cc1ccccc1. The summed E-state index contributed by atoms with van der Waals surface area (Å²) in [6.45, 7) is 12.3. The number of para-hydroxylation sites is 1. The van der Waals surface area contributed by atoms with Crippen LogP contribution in [0.5, 0.6) is 0 Å². The van der Waals surface area contributed by atoms with E-state index in [0.717, 1.165) is 56.7 Å². The molecule has 4 heterocycles. The van der Waals surface area contributed by atoms with Crippen molar-refractivity contribution < 1.29 is 0 Å². The minimum Gasteiger partial charge on any atom is -0.359 e. The minimum absolute atomic E-state index is 0.680. The summed E-state index contributed by atoms with van der Waals surface area (Å²) in [5, 5.41) is 11.1. The van der Waals surface area contributed by atoms with Crippen LogP contribution in [0.1, 0.15) is 23.1 Å². The molecular weight excluding hydrogens is 524 g/mol. The lowest BCUT2D eigenvalue weighted by Gasteiger charge is -2.12. The standard InChI is InChI=1S/C34H30N6S/c1-5-24(20-25(6-2)35-21(3)19-23-11-8-7-9-12-23)27-16-17-29-32(36-27)33(40-39-29)34-37-28-14-10-13-26(31(28)38-34)30-18-15-22(4)41-30/h5-18,20,35H,2-3,19H2,1,4H3,(H,37,38)(H,39,40)/b24-5+,25-20+. The van der Waals surface area contributed by atoms with Crippen molar-refractivity contribution in [1.29, 1.82) is 0 Å². The molecule has 0 aliphatic heterocycles. The van der Waals surface area contributed by atoms with Gasteiger partial charge in [0, 0.05) is 33.1 Å². The molecule has 0 unspecified atom stereocenters. The first-order valence-electron chi connectivity index (χ1n) is 13.4. The lowest BCUT2D eigenvalue weighted by molar-refractivity contribution is 0.942. The number of hydrogen-bond donors (Lipinski definition) is 3. The van der Waals surface area contributed by atoms with Gasteiger partial charge in [0.25, 0.3) is 0 Å². The number of aromatic nitrogens is 5. The Morgan fingerprint density at radius 1 is 0.951 bits per heavy atom. The van der Waals surface area contributed by atoms with E-state index in [2.05, 4.69) is 77.0 Å². The van der Waals surface area contributed by atoms with Gasteiger partial charge in [-0.3, -0.25) is 5.10 Å². The predicted octanol–water partition coefficient (Wildman–Crippen LogP) is 8.36. The van der Waals surface area contributed by atoms with E-state index < -0.39 is 0 Å². The minimum atomic E-state index is 0.680. The van der Waals surface area contributed by atoms with Gasteiger partial charge in [0.1, 0.15) is 5.52 Å². The van der Waals surface area contributed by atoms with Gasteiger partial charge in [0.05, 0.1) is 22.2 Å². The maximum absolute atomic E-state index is 5.02. The Balaban J connectivity index is 1.32. The third kappa shape index (κ3) is 5.40. The third-order valence-electron chi connectivity index (χ3n) is 6.87. The molecule has 0 amide bonds. The molecule has 6 aromatic rings. The highest BCUT2D eigenvalue weighted by Crippen LogP contribution is 2.34. The van der Waals surface area contributed by atoms with E-state index >= 15 is 0 Å². The molecule has 202 valence electrons. The number of aryl methyl sites for hydroxylation is 1. The Morgan fingerprint density at radius 3 is 2.56 bits per heavy atom. The number of thiophene rings is 1. The molecule has 3 N–H and O–H groups in total. The molecule has 0 bridgehead atoms. The second kappa shape index (κ2) is 11.2. The van der Waals surface area contributed by atoms with Crippen LogP contribution in [-0.2, 0) is 6.42 Å². The molecule has 0 radical (unpaired) electrons. The molecule has 7 heteroatoms. The summed E-state index contributed by atoms with van der Waals surface area (Å²) in [5.41, 5.74) is 9.99. The van der Waals surface area contributed by atoms with Crippen LogP contribution in [0, 0.1) is 6.92 Å². The van der Waals surface area contributed by atoms with Gasteiger partial charge in [0.15, 0.2) is 11.5 Å². The molecule has 6 nitrogen and oxygen atoms in total. The molecule has 4 aromatic heterocycles. The molecular formula is C34H30N6S. The molecule has 0 aliphatic carbocycles. The van der Waals surface area contributed by atoms with Gasteiger partial charge >= 0.3 is 0 Å². The largest absolute Gasteiger partial charge is 0.359 e. The van der Waals surface area contributed by atoms with Crippen LogP contribution in [0.15, 0.2) is 116 Å². The second-order valence-electron chi connectivity index (χ2n) is 9.80. The van der Waals surface area contributed by atoms with Gasteiger partial charge in [-0.15, -0.1) is 11.3 Å². The van der Waals surface area contributed by atoms with Crippen molar-refractivity contribution in [2.24, 2.45) is 0 Å². The monoisotopic (exact) mass is 554 g/mol. The fourth-order valence-electron chi connectivity index (χ4n) is 4.86. The van der Waals surface area contributed by atoms with Crippen LogP contribution in [0.4, 0.5) is 0 Å². The highest BCUT2D eigenvalue weighted by Gasteiger charge is 2.17. The first-order valence-corrected chi connectivity index (χ1v) is 14.2. The fourth-order valence-corrected chi connectivity index (χ4v) is 5.75. The summed E-state index contributed by atoms with van der Waals surface area (Å²) in [6, 6.07) is 24.8. The summed E-state index contributed by atoms with van der Waals surface area (Å²) in [7, 11) is 0. The van der Waals surface area contributed by atoms with Crippen molar-refractivity contribution in [1.82, 2.24) is 30.5 Å². The maximum atomic E-state index is 5.02. The molecule has 2 aromatic carbocycles. The number of benzene rings is 2. The Hall–Kier alpha value is -5.01. The number of aromatic amines is 2. The first kappa shape index (κ1) is 26.2. The van der Waals surface area contributed by atoms with Crippen molar-refractivity contribution in [2.75, 3.05) is 0 Å². The zero-order chi connectivity index (χ0) is 28.3. The Bertz CT molecular complexity index is 1950. The number of fused-ring (bicyclic) bond motifs is 2. The van der Waals surface area contributed by atoms with Crippen molar-refractivity contribution in [3.63, 3.8) is 0 Å². The summed E-state index contributed by atoms with van der Waals surface area (Å²) >= 11 is 1.77. The molecule has 0 spiro atoms. The number of H-pyrrole nitrogens is 2.